The van der Waals surface area contributed by atoms with Crippen molar-refractivity contribution in [2.24, 2.45) is 0 Å². The average molecular weight is 739 g/mol. The van der Waals surface area contributed by atoms with Gasteiger partial charge in [0.1, 0.15) is 0 Å². The van der Waals surface area contributed by atoms with Gasteiger partial charge in [-0.1, -0.05) is 158 Å². The Kier molecular flexibility index (Phi) is 7.20. The van der Waals surface area contributed by atoms with Crippen LogP contribution in [0.2, 0.25) is 0 Å². The first-order chi connectivity index (χ1) is 28.8. The van der Waals surface area contributed by atoms with Gasteiger partial charge in [0.25, 0.3) is 0 Å². The monoisotopic (exact) mass is 738 g/mol. The molecule has 4 nitrogen and oxygen atoms in total. The molecule has 0 aliphatic heterocycles. The summed E-state index contributed by atoms with van der Waals surface area (Å²) in [5.41, 5.74) is 13.3. The molecule has 58 heavy (non-hydrogen) atoms. The quantitative estimate of drug-likeness (QED) is 0.176. The smallest absolute Gasteiger partial charge is 0.235 e. The molecule has 270 valence electrons. The number of aromatic nitrogens is 4. The van der Waals surface area contributed by atoms with Crippen LogP contribution < -0.4 is 0 Å². The zero-order valence-corrected chi connectivity index (χ0v) is 31.4. The van der Waals surface area contributed by atoms with Gasteiger partial charge in [0.15, 0.2) is 0 Å². The van der Waals surface area contributed by atoms with Crippen molar-refractivity contribution < 1.29 is 0 Å². The molecule has 0 atom stereocenters. The van der Waals surface area contributed by atoms with Gasteiger partial charge in [0.2, 0.25) is 5.95 Å². The second-order valence-corrected chi connectivity index (χ2v) is 15.0. The number of para-hydroxylation sites is 3. The lowest BCUT2D eigenvalue weighted by molar-refractivity contribution is 1.01. The highest BCUT2D eigenvalue weighted by Gasteiger charge is 2.21. The van der Waals surface area contributed by atoms with Crippen LogP contribution in [0, 0.1) is 0 Å². The summed E-state index contributed by atoms with van der Waals surface area (Å²) in [6, 6.07) is 73.8. The summed E-state index contributed by atoms with van der Waals surface area (Å²) in [4.78, 5) is 10.7. The molecule has 3 heterocycles. The molecule has 0 spiro atoms. The average Bonchev–Trinajstić information content (AvgIpc) is 3.82. The van der Waals surface area contributed by atoms with Gasteiger partial charge in [-0.05, 0) is 81.6 Å². The van der Waals surface area contributed by atoms with Gasteiger partial charge in [-0.25, -0.2) is 9.97 Å². The third kappa shape index (κ3) is 4.95. The van der Waals surface area contributed by atoms with Gasteiger partial charge in [-0.3, -0.25) is 4.57 Å². The Balaban J connectivity index is 1.11. The molecule has 3 aromatic heterocycles. The molecule has 12 rings (SSSR count). The molecule has 0 aliphatic carbocycles. The summed E-state index contributed by atoms with van der Waals surface area (Å²) in [7, 11) is 0. The van der Waals surface area contributed by atoms with Gasteiger partial charge in [-0.2, -0.15) is 0 Å². The first-order valence-corrected chi connectivity index (χ1v) is 19.8. The predicted octanol–water partition coefficient (Wildman–Crippen LogP) is 14.0. The van der Waals surface area contributed by atoms with Crippen LogP contribution in [0.5, 0.6) is 0 Å². The zero-order chi connectivity index (χ0) is 38.2. The van der Waals surface area contributed by atoms with E-state index in [0.717, 1.165) is 38.9 Å². The van der Waals surface area contributed by atoms with Crippen LogP contribution in [-0.4, -0.2) is 19.1 Å². The highest BCUT2D eigenvalue weighted by atomic mass is 15.2. The normalized spacial score (nSPS) is 11.8. The fourth-order valence-corrected chi connectivity index (χ4v) is 9.12. The van der Waals surface area contributed by atoms with Crippen molar-refractivity contribution in [3.8, 4) is 45.1 Å². The fraction of sp³-hybridized carbons (Fsp3) is 0. The maximum atomic E-state index is 5.43. The maximum absolute atomic E-state index is 5.43. The van der Waals surface area contributed by atoms with E-state index in [2.05, 4.69) is 215 Å². The lowest BCUT2D eigenvalue weighted by Crippen LogP contribution is -2.03. The standard InChI is InChI=1S/C54H34N4/c1-3-14-35(15-4-1)36-26-28-38(29-27-36)53-43-20-9-11-23-46(43)55-54(56-53)58-48-32-31-39(34-45(48)52-41-19-8-7-16-37(41)30-33-50(52)58)42-22-13-25-49-51(42)44-21-10-12-24-47(44)57(49)40-17-5-2-6-18-40/h1-34H. The van der Waals surface area contributed by atoms with Gasteiger partial charge in [-0.15, -0.1) is 0 Å². The van der Waals surface area contributed by atoms with Crippen molar-refractivity contribution in [3.63, 3.8) is 0 Å². The Morgan fingerprint density at radius 1 is 0.328 bits per heavy atom. The van der Waals surface area contributed by atoms with Gasteiger partial charge in [0, 0.05) is 38.2 Å². The topological polar surface area (TPSA) is 35.6 Å². The highest BCUT2D eigenvalue weighted by Crippen LogP contribution is 2.43. The molecule has 0 aliphatic rings. The third-order valence-corrected chi connectivity index (χ3v) is 11.7. The second-order valence-electron chi connectivity index (χ2n) is 15.0. The van der Waals surface area contributed by atoms with Gasteiger partial charge in [0.05, 0.1) is 33.3 Å². The Labute approximate surface area is 334 Å². The van der Waals surface area contributed by atoms with Crippen LogP contribution in [0.3, 0.4) is 0 Å². The molecular formula is C54H34N4. The second kappa shape index (κ2) is 12.9. The number of fused-ring (bicyclic) bond motifs is 9. The predicted molar refractivity (Wildman–Crippen MR) is 242 cm³/mol. The fourth-order valence-electron chi connectivity index (χ4n) is 9.12. The van der Waals surface area contributed by atoms with E-state index in [1.165, 1.54) is 65.6 Å². The summed E-state index contributed by atoms with van der Waals surface area (Å²) in [6.45, 7) is 0. The first kappa shape index (κ1) is 32.4. The lowest BCUT2D eigenvalue weighted by Gasteiger charge is -2.12. The van der Waals surface area contributed by atoms with Crippen LogP contribution in [0.25, 0.3) is 110 Å². The van der Waals surface area contributed by atoms with Crippen molar-refractivity contribution in [1.82, 2.24) is 19.1 Å². The zero-order valence-electron chi connectivity index (χ0n) is 31.4. The van der Waals surface area contributed by atoms with E-state index in [0.29, 0.717) is 5.95 Å². The molecule has 0 saturated carbocycles. The van der Waals surface area contributed by atoms with Crippen molar-refractivity contribution in [3.05, 3.63) is 206 Å². The molecule has 0 bridgehead atoms. The molecule has 0 unspecified atom stereocenters. The Morgan fingerprint density at radius 2 is 0.931 bits per heavy atom. The minimum Gasteiger partial charge on any atom is -0.309 e. The van der Waals surface area contributed by atoms with Crippen molar-refractivity contribution in [1.29, 1.82) is 0 Å². The van der Waals surface area contributed by atoms with E-state index < -0.39 is 0 Å². The number of nitrogens with zero attached hydrogens (tertiary/aromatic N) is 4. The molecule has 9 aromatic carbocycles. The summed E-state index contributed by atoms with van der Waals surface area (Å²) in [5.74, 6) is 0.650. The van der Waals surface area contributed by atoms with Crippen LogP contribution in [0.4, 0.5) is 0 Å². The molecule has 0 fully saturated rings. The van der Waals surface area contributed by atoms with Gasteiger partial charge >= 0.3 is 0 Å². The number of benzene rings is 9. The molecule has 0 N–H and O–H groups in total. The van der Waals surface area contributed by atoms with Crippen LogP contribution >= 0.6 is 0 Å². The summed E-state index contributed by atoms with van der Waals surface area (Å²) >= 11 is 0. The Bertz CT molecular complexity index is 3540. The minimum absolute atomic E-state index is 0.650. The lowest BCUT2D eigenvalue weighted by atomic mass is 9.97. The molecule has 4 heteroatoms. The van der Waals surface area contributed by atoms with E-state index in [4.69, 9.17) is 9.97 Å². The number of rotatable bonds is 5. The van der Waals surface area contributed by atoms with E-state index >= 15 is 0 Å². The summed E-state index contributed by atoms with van der Waals surface area (Å²) in [6.07, 6.45) is 0. The third-order valence-electron chi connectivity index (χ3n) is 11.7. The minimum atomic E-state index is 0.650. The van der Waals surface area contributed by atoms with E-state index in [1.807, 2.05) is 0 Å². The van der Waals surface area contributed by atoms with Crippen LogP contribution in [-0.2, 0) is 0 Å². The van der Waals surface area contributed by atoms with E-state index in [9.17, 15) is 0 Å². The summed E-state index contributed by atoms with van der Waals surface area (Å²) < 4.78 is 4.65. The molecular weight excluding hydrogens is 705 g/mol. The molecule has 0 saturated heterocycles. The van der Waals surface area contributed by atoms with Crippen molar-refractivity contribution in [2.75, 3.05) is 0 Å². The van der Waals surface area contributed by atoms with E-state index in [-0.39, 0.29) is 0 Å². The van der Waals surface area contributed by atoms with Crippen LogP contribution in [0.15, 0.2) is 206 Å². The molecule has 0 radical (unpaired) electrons. The van der Waals surface area contributed by atoms with E-state index in [1.54, 1.807) is 0 Å². The van der Waals surface area contributed by atoms with Crippen molar-refractivity contribution >= 4 is 65.3 Å². The highest BCUT2D eigenvalue weighted by molar-refractivity contribution is 6.23. The van der Waals surface area contributed by atoms with Crippen LogP contribution in [0.1, 0.15) is 0 Å². The molecule has 12 aromatic rings. The Hall–Kier alpha value is -7.82. The number of hydrogen-bond acceptors (Lipinski definition) is 2. The van der Waals surface area contributed by atoms with Gasteiger partial charge < -0.3 is 4.57 Å². The summed E-state index contributed by atoms with van der Waals surface area (Å²) in [5, 5.41) is 8.27. The maximum Gasteiger partial charge on any atom is 0.235 e. The largest absolute Gasteiger partial charge is 0.309 e. The van der Waals surface area contributed by atoms with Crippen molar-refractivity contribution in [2.45, 2.75) is 0 Å². The first-order valence-electron chi connectivity index (χ1n) is 19.8. The SMILES string of the molecule is c1ccc(-c2ccc(-c3nc(-n4c5ccc(-c6cccc7c6c6ccccc6n7-c6ccccc6)cc5c5c6ccccc6ccc54)nc4ccccc34)cc2)cc1. The molecule has 0 amide bonds. The Morgan fingerprint density at radius 3 is 1.78 bits per heavy atom. The number of hydrogen-bond donors (Lipinski definition) is 0.